The van der Waals surface area contributed by atoms with E-state index in [0.717, 1.165) is 16.1 Å². The molecule has 0 saturated carbocycles. The number of hydrazone groups is 1. The Morgan fingerprint density at radius 2 is 1.90 bits per heavy atom. The number of nitrogens with one attached hydrogen (secondary N) is 1. The van der Waals surface area contributed by atoms with Crippen molar-refractivity contribution in [2.45, 2.75) is 0 Å². The summed E-state index contributed by atoms with van der Waals surface area (Å²) < 4.78 is 0. The smallest absolute Gasteiger partial charge is 0.226 e. The first-order chi connectivity index (χ1) is 10.3. The molecule has 1 N–H and O–H groups in total. The van der Waals surface area contributed by atoms with E-state index in [1.54, 1.807) is 6.21 Å². The van der Waals surface area contributed by atoms with Gasteiger partial charge in [-0.3, -0.25) is 5.43 Å². The zero-order valence-corrected chi connectivity index (χ0v) is 12.5. The first-order valence-electron chi connectivity index (χ1n) is 6.25. The lowest BCUT2D eigenvalue weighted by Gasteiger charge is -1.95. The molecule has 2 aromatic carbocycles. The molecule has 0 fully saturated rings. The highest BCUT2D eigenvalue weighted by molar-refractivity contribution is 7.18. The Hall–Kier alpha value is -2.24. The zero-order valence-electron chi connectivity index (χ0n) is 10.9. The van der Waals surface area contributed by atoms with Crippen molar-refractivity contribution in [3.63, 3.8) is 0 Å². The normalized spacial score (nSPS) is 10.9. The molecular weight excluding hydrogens is 304 g/mol. The molecule has 0 aliphatic rings. The van der Waals surface area contributed by atoms with Crippen LogP contribution in [0.25, 0.3) is 10.6 Å². The average Bonchev–Trinajstić information content (AvgIpc) is 2.97. The monoisotopic (exact) mass is 314 g/mol. The largest absolute Gasteiger partial charge is 0.251 e. The summed E-state index contributed by atoms with van der Waals surface area (Å²) in [6, 6.07) is 17.4. The third-order valence-corrected chi connectivity index (χ3v) is 3.78. The summed E-state index contributed by atoms with van der Waals surface area (Å²) >= 11 is 7.39. The summed E-state index contributed by atoms with van der Waals surface area (Å²) in [6.07, 6.45) is 1.74. The fraction of sp³-hybridized carbons (Fsp3) is 0. The number of hydrogen-bond acceptors (Lipinski definition) is 5. The molecule has 6 heteroatoms. The van der Waals surface area contributed by atoms with E-state index < -0.39 is 0 Å². The van der Waals surface area contributed by atoms with Gasteiger partial charge in [-0.25, -0.2) is 0 Å². The van der Waals surface area contributed by atoms with Gasteiger partial charge in [0.1, 0.15) is 5.01 Å². The minimum Gasteiger partial charge on any atom is -0.251 e. The molecule has 0 bridgehead atoms. The van der Waals surface area contributed by atoms with Crippen molar-refractivity contribution < 1.29 is 0 Å². The van der Waals surface area contributed by atoms with Gasteiger partial charge in [0.15, 0.2) is 0 Å². The quantitative estimate of drug-likeness (QED) is 0.577. The number of aromatic nitrogens is 2. The van der Waals surface area contributed by atoms with Crippen LogP contribution in [0.4, 0.5) is 5.13 Å². The van der Waals surface area contributed by atoms with Crippen LogP contribution >= 0.6 is 22.9 Å². The number of rotatable bonds is 4. The Kier molecular flexibility index (Phi) is 4.23. The van der Waals surface area contributed by atoms with Crippen molar-refractivity contribution in [2.75, 3.05) is 5.43 Å². The number of hydrogen-bond donors (Lipinski definition) is 1. The van der Waals surface area contributed by atoms with Crippen LogP contribution in [0.1, 0.15) is 5.56 Å². The molecule has 4 nitrogen and oxygen atoms in total. The molecule has 0 atom stereocenters. The number of anilines is 1. The summed E-state index contributed by atoms with van der Waals surface area (Å²) in [7, 11) is 0. The third-order valence-electron chi connectivity index (χ3n) is 2.67. The molecule has 0 amide bonds. The van der Waals surface area contributed by atoms with Gasteiger partial charge in [0.2, 0.25) is 5.13 Å². The summed E-state index contributed by atoms with van der Waals surface area (Å²) in [4.78, 5) is 0. The van der Waals surface area contributed by atoms with Crippen molar-refractivity contribution in [1.82, 2.24) is 10.2 Å². The van der Waals surface area contributed by atoms with Crippen molar-refractivity contribution in [3.05, 3.63) is 65.2 Å². The summed E-state index contributed by atoms with van der Waals surface area (Å²) in [5.74, 6) is 0. The number of halogens is 1. The second kappa shape index (κ2) is 6.47. The van der Waals surface area contributed by atoms with Crippen LogP contribution in [0.15, 0.2) is 59.7 Å². The molecule has 104 valence electrons. The van der Waals surface area contributed by atoms with Crippen LogP contribution in [0, 0.1) is 0 Å². The van der Waals surface area contributed by atoms with E-state index in [-0.39, 0.29) is 0 Å². The van der Waals surface area contributed by atoms with Gasteiger partial charge in [-0.2, -0.15) is 5.10 Å². The van der Waals surface area contributed by atoms with E-state index in [0.29, 0.717) is 10.2 Å². The zero-order chi connectivity index (χ0) is 14.5. The third kappa shape index (κ3) is 3.65. The van der Waals surface area contributed by atoms with Gasteiger partial charge in [0.05, 0.1) is 6.21 Å². The van der Waals surface area contributed by atoms with Crippen LogP contribution in [0.2, 0.25) is 5.02 Å². The van der Waals surface area contributed by atoms with Crippen LogP contribution in [0.5, 0.6) is 0 Å². The lowest BCUT2D eigenvalue weighted by Crippen LogP contribution is -1.89. The van der Waals surface area contributed by atoms with Gasteiger partial charge in [-0.05, 0) is 17.7 Å². The average molecular weight is 315 g/mol. The molecule has 1 aromatic heterocycles. The predicted molar refractivity (Wildman–Crippen MR) is 88.0 cm³/mol. The molecule has 1 heterocycles. The van der Waals surface area contributed by atoms with Gasteiger partial charge >= 0.3 is 0 Å². The van der Waals surface area contributed by atoms with Crippen LogP contribution in [-0.4, -0.2) is 16.4 Å². The van der Waals surface area contributed by atoms with Crippen LogP contribution in [-0.2, 0) is 0 Å². The second-order valence-corrected chi connectivity index (χ2v) is 5.62. The Bertz CT molecular complexity index is 755. The minimum atomic E-state index is 0.636. The highest BCUT2D eigenvalue weighted by Crippen LogP contribution is 2.27. The Labute approximate surface area is 131 Å². The maximum atomic E-state index is 5.97. The molecule has 3 aromatic rings. The molecule has 0 unspecified atom stereocenters. The van der Waals surface area contributed by atoms with Crippen molar-refractivity contribution in [1.29, 1.82) is 0 Å². The molecule has 3 rings (SSSR count). The predicted octanol–water partition coefficient (Wildman–Crippen LogP) is 4.30. The maximum Gasteiger partial charge on any atom is 0.226 e. The topological polar surface area (TPSA) is 50.2 Å². The fourth-order valence-electron chi connectivity index (χ4n) is 1.71. The molecule has 0 aliphatic carbocycles. The van der Waals surface area contributed by atoms with Crippen molar-refractivity contribution in [2.24, 2.45) is 5.10 Å². The second-order valence-electron chi connectivity index (χ2n) is 4.20. The van der Waals surface area contributed by atoms with E-state index >= 15 is 0 Å². The Morgan fingerprint density at radius 3 is 2.71 bits per heavy atom. The van der Waals surface area contributed by atoms with Gasteiger partial charge in [-0.15, -0.1) is 10.2 Å². The van der Waals surface area contributed by atoms with E-state index in [2.05, 4.69) is 20.7 Å². The molecule has 21 heavy (non-hydrogen) atoms. The van der Waals surface area contributed by atoms with Gasteiger partial charge in [0, 0.05) is 10.6 Å². The van der Waals surface area contributed by atoms with Gasteiger partial charge in [-0.1, -0.05) is 65.4 Å². The van der Waals surface area contributed by atoms with Gasteiger partial charge < -0.3 is 0 Å². The fourth-order valence-corrected chi connectivity index (χ4v) is 2.59. The molecule has 0 saturated heterocycles. The van der Waals surface area contributed by atoms with E-state index in [4.69, 9.17) is 11.6 Å². The maximum absolute atomic E-state index is 5.97. The molecular formula is C15H11ClN4S. The Morgan fingerprint density at radius 1 is 1.05 bits per heavy atom. The summed E-state index contributed by atoms with van der Waals surface area (Å²) in [5, 5.41) is 14.4. The van der Waals surface area contributed by atoms with Crippen LogP contribution < -0.4 is 5.43 Å². The highest BCUT2D eigenvalue weighted by atomic mass is 35.5. The number of benzene rings is 2. The van der Waals surface area contributed by atoms with E-state index in [1.165, 1.54) is 11.3 Å². The SMILES string of the molecule is Clc1cccc(-c2nnc(N/N=C/c3ccccc3)s2)c1. The standard InChI is InChI=1S/C15H11ClN4S/c16-13-8-4-7-12(9-13)14-18-20-15(21-14)19-17-10-11-5-2-1-3-6-11/h1-10H,(H,19,20)/b17-10+. The summed E-state index contributed by atoms with van der Waals surface area (Å²) in [5.41, 5.74) is 4.84. The number of nitrogens with zero attached hydrogens (tertiary/aromatic N) is 3. The molecule has 0 radical (unpaired) electrons. The van der Waals surface area contributed by atoms with E-state index in [1.807, 2.05) is 54.6 Å². The van der Waals surface area contributed by atoms with Crippen molar-refractivity contribution in [3.8, 4) is 10.6 Å². The first kappa shape index (κ1) is 13.7. The highest BCUT2D eigenvalue weighted by Gasteiger charge is 2.06. The Balaban J connectivity index is 1.70. The van der Waals surface area contributed by atoms with Gasteiger partial charge in [0.25, 0.3) is 0 Å². The summed E-state index contributed by atoms with van der Waals surface area (Å²) in [6.45, 7) is 0. The first-order valence-corrected chi connectivity index (χ1v) is 7.44. The van der Waals surface area contributed by atoms with E-state index in [9.17, 15) is 0 Å². The van der Waals surface area contributed by atoms with Crippen molar-refractivity contribution >= 4 is 34.3 Å². The minimum absolute atomic E-state index is 0.636. The lowest BCUT2D eigenvalue weighted by molar-refractivity contribution is 1.08. The lowest BCUT2D eigenvalue weighted by atomic mass is 10.2. The molecule has 0 aliphatic heterocycles. The molecule has 0 spiro atoms. The van der Waals surface area contributed by atoms with Crippen LogP contribution in [0.3, 0.4) is 0 Å².